The Morgan fingerprint density at radius 3 is 2.62 bits per heavy atom. The minimum Gasteiger partial charge on any atom is -0.338 e. The minimum absolute atomic E-state index is 0.111. The molecule has 3 aromatic rings. The predicted molar refractivity (Wildman–Crippen MR) is 97.3 cm³/mol. The third-order valence-electron chi connectivity index (χ3n) is 4.12. The number of benzene rings is 2. The van der Waals surface area contributed by atoms with Gasteiger partial charge in [-0.3, -0.25) is 4.79 Å². The summed E-state index contributed by atoms with van der Waals surface area (Å²) in [6.07, 6.45) is 1.98. The summed E-state index contributed by atoms with van der Waals surface area (Å²) in [5.41, 5.74) is 5.10. The van der Waals surface area contributed by atoms with E-state index in [-0.39, 0.29) is 5.91 Å². The summed E-state index contributed by atoms with van der Waals surface area (Å²) < 4.78 is 2.95. The number of amides is 1. The van der Waals surface area contributed by atoms with Gasteiger partial charge in [-0.2, -0.15) is 0 Å². The van der Waals surface area contributed by atoms with Crippen molar-refractivity contribution in [2.24, 2.45) is 0 Å². The van der Waals surface area contributed by atoms with E-state index < -0.39 is 0 Å². The van der Waals surface area contributed by atoms with Crippen LogP contribution < -0.4 is 5.32 Å². The zero-order chi connectivity index (χ0) is 16.7. The molecule has 0 saturated heterocycles. The largest absolute Gasteiger partial charge is 0.338 e. The topological polar surface area (TPSA) is 38.4 Å². The third kappa shape index (κ3) is 2.51. The Morgan fingerprint density at radius 2 is 1.88 bits per heavy atom. The van der Waals surface area contributed by atoms with Crippen LogP contribution in [0.5, 0.6) is 0 Å². The minimum atomic E-state index is -0.111. The van der Waals surface area contributed by atoms with Gasteiger partial charge in [0.1, 0.15) is 5.69 Å². The van der Waals surface area contributed by atoms with Crippen LogP contribution in [0, 0.1) is 6.57 Å². The molecule has 0 bridgehead atoms. The smallest absolute Gasteiger partial charge is 0.272 e. The molecule has 0 saturated carbocycles. The third-order valence-corrected chi connectivity index (χ3v) is 4.61. The number of hydrogen-bond acceptors (Lipinski definition) is 1. The molecular formula is C19H12BrN3O. The van der Waals surface area contributed by atoms with Crippen molar-refractivity contribution in [2.45, 2.75) is 6.54 Å². The molecule has 2 aromatic carbocycles. The van der Waals surface area contributed by atoms with Gasteiger partial charge in [-0.25, -0.2) is 4.85 Å². The van der Waals surface area contributed by atoms with Gasteiger partial charge in [-0.1, -0.05) is 40.2 Å². The summed E-state index contributed by atoms with van der Waals surface area (Å²) in [6.45, 7) is 7.65. The molecule has 1 aliphatic rings. The lowest BCUT2D eigenvalue weighted by Gasteiger charge is -2.07. The van der Waals surface area contributed by atoms with E-state index in [1.807, 2.05) is 47.2 Å². The molecule has 5 heteroatoms. The van der Waals surface area contributed by atoms with Crippen molar-refractivity contribution in [3.63, 3.8) is 0 Å². The number of nitrogens with zero attached hydrogens (tertiary/aromatic N) is 2. The molecule has 1 aromatic heterocycles. The zero-order valence-corrected chi connectivity index (χ0v) is 14.2. The second-order valence-electron chi connectivity index (χ2n) is 5.66. The van der Waals surface area contributed by atoms with Crippen molar-refractivity contribution >= 4 is 33.2 Å². The number of halogens is 1. The van der Waals surface area contributed by atoms with Gasteiger partial charge in [0.05, 0.1) is 6.57 Å². The molecule has 4 rings (SSSR count). The van der Waals surface area contributed by atoms with Crippen LogP contribution in [-0.4, -0.2) is 10.5 Å². The first kappa shape index (κ1) is 14.7. The average Bonchev–Trinajstić information content (AvgIpc) is 2.96. The Morgan fingerprint density at radius 1 is 1.08 bits per heavy atom. The summed E-state index contributed by atoms with van der Waals surface area (Å²) >= 11 is 3.48. The van der Waals surface area contributed by atoms with Gasteiger partial charge in [-0.05, 0) is 35.4 Å². The number of rotatable bonds is 1. The molecule has 1 N–H and O–H groups in total. The van der Waals surface area contributed by atoms with E-state index in [0.717, 1.165) is 26.9 Å². The van der Waals surface area contributed by atoms with Crippen LogP contribution >= 0.6 is 15.9 Å². The second kappa shape index (κ2) is 5.66. The average molecular weight is 378 g/mol. The highest BCUT2D eigenvalue weighted by Gasteiger charge is 2.20. The van der Waals surface area contributed by atoms with Crippen molar-refractivity contribution in [1.82, 2.24) is 4.57 Å². The van der Waals surface area contributed by atoms with Gasteiger partial charge in [-0.15, -0.1) is 0 Å². The highest BCUT2D eigenvalue weighted by molar-refractivity contribution is 9.10. The Labute approximate surface area is 147 Å². The lowest BCUT2D eigenvalue weighted by atomic mass is 10.1. The Balaban J connectivity index is 1.77. The summed E-state index contributed by atoms with van der Waals surface area (Å²) in [4.78, 5) is 15.9. The lowest BCUT2D eigenvalue weighted by Crippen LogP contribution is -2.12. The van der Waals surface area contributed by atoms with E-state index in [4.69, 9.17) is 6.57 Å². The summed E-state index contributed by atoms with van der Waals surface area (Å²) in [6, 6.07) is 15.1. The van der Waals surface area contributed by atoms with Crippen LogP contribution in [0.3, 0.4) is 0 Å². The number of nitrogens with one attached hydrogen (secondary N) is 1. The van der Waals surface area contributed by atoms with Gasteiger partial charge < -0.3 is 9.88 Å². The molecule has 0 aliphatic carbocycles. The maximum absolute atomic E-state index is 12.5. The number of fused-ring (bicyclic) bond motifs is 2. The molecule has 0 fully saturated rings. The van der Waals surface area contributed by atoms with Gasteiger partial charge in [0.25, 0.3) is 5.91 Å². The van der Waals surface area contributed by atoms with Crippen molar-refractivity contribution < 1.29 is 4.79 Å². The van der Waals surface area contributed by atoms with Gasteiger partial charge in [0, 0.05) is 28.5 Å². The van der Waals surface area contributed by atoms with Crippen LogP contribution in [0.15, 0.2) is 59.2 Å². The zero-order valence-electron chi connectivity index (χ0n) is 12.6. The van der Waals surface area contributed by atoms with Crippen LogP contribution in [-0.2, 0) is 6.54 Å². The van der Waals surface area contributed by atoms with Gasteiger partial charge >= 0.3 is 0 Å². The van der Waals surface area contributed by atoms with Crippen molar-refractivity contribution in [3.05, 3.63) is 81.9 Å². The van der Waals surface area contributed by atoms with Gasteiger partial charge in [0.2, 0.25) is 0 Å². The van der Waals surface area contributed by atoms with Crippen LogP contribution in [0.1, 0.15) is 16.1 Å². The first-order valence-electron chi connectivity index (χ1n) is 7.42. The fraction of sp³-hybridized carbons (Fsp3) is 0.0526. The molecule has 116 valence electrons. The molecule has 0 radical (unpaired) electrons. The van der Waals surface area contributed by atoms with E-state index in [0.29, 0.717) is 17.9 Å². The molecule has 0 atom stereocenters. The fourth-order valence-electron chi connectivity index (χ4n) is 2.90. The van der Waals surface area contributed by atoms with Gasteiger partial charge in [0.15, 0.2) is 5.69 Å². The van der Waals surface area contributed by atoms with Crippen LogP contribution in [0.2, 0.25) is 0 Å². The number of carbonyl (C=O) groups excluding carboxylic acids is 1. The van der Waals surface area contributed by atoms with Crippen molar-refractivity contribution in [3.8, 4) is 11.1 Å². The number of carbonyl (C=O) groups is 1. The van der Waals surface area contributed by atoms with E-state index in [1.54, 1.807) is 12.1 Å². The number of anilines is 1. The molecule has 2 heterocycles. The first-order chi connectivity index (χ1) is 11.6. The summed E-state index contributed by atoms with van der Waals surface area (Å²) in [5.74, 6) is -0.111. The maximum atomic E-state index is 12.5. The second-order valence-corrected chi connectivity index (χ2v) is 6.57. The molecule has 4 nitrogen and oxygen atoms in total. The fourth-order valence-corrected chi connectivity index (χ4v) is 3.31. The summed E-state index contributed by atoms with van der Waals surface area (Å²) in [5, 5.41) is 2.97. The highest BCUT2D eigenvalue weighted by Crippen LogP contribution is 2.30. The van der Waals surface area contributed by atoms with Crippen LogP contribution in [0.25, 0.3) is 16.0 Å². The predicted octanol–water partition coefficient (Wildman–Crippen LogP) is 5.08. The maximum Gasteiger partial charge on any atom is 0.272 e. The summed E-state index contributed by atoms with van der Waals surface area (Å²) in [7, 11) is 0. The molecule has 1 aliphatic heterocycles. The van der Waals surface area contributed by atoms with Crippen molar-refractivity contribution in [2.75, 3.05) is 5.32 Å². The molecule has 0 unspecified atom stereocenters. The first-order valence-corrected chi connectivity index (χ1v) is 8.21. The van der Waals surface area contributed by atoms with E-state index in [9.17, 15) is 4.79 Å². The molecular weight excluding hydrogens is 366 g/mol. The Hall–Kier alpha value is -2.84. The quantitative estimate of drug-likeness (QED) is 0.589. The lowest BCUT2D eigenvalue weighted by molar-refractivity contribution is 0.102. The number of aromatic nitrogens is 1. The normalized spacial score (nSPS) is 12.6. The SMILES string of the molecule is [C-]#[N+]c1ccc(-c2cc3n(c2)Cc2cc(Br)ccc2NC3=O)cc1. The number of hydrogen-bond donors (Lipinski definition) is 1. The van der Waals surface area contributed by atoms with Crippen LogP contribution in [0.4, 0.5) is 11.4 Å². The molecule has 1 amide bonds. The Bertz CT molecular complexity index is 996. The van der Waals surface area contributed by atoms with E-state index >= 15 is 0 Å². The highest BCUT2D eigenvalue weighted by atomic mass is 79.9. The van der Waals surface area contributed by atoms with E-state index in [1.165, 1.54) is 0 Å². The monoisotopic (exact) mass is 377 g/mol. The van der Waals surface area contributed by atoms with Crippen molar-refractivity contribution in [1.29, 1.82) is 0 Å². The van der Waals surface area contributed by atoms with E-state index in [2.05, 4.69) is 26.1 Å². The standard InChI is InChI=1S/C19H12BrN3O/c1-21-16-5-2-12(3-6-16)13-9-18-19(24)22-17-7-4-15(20)8-14(17)11-23(18)10-13/h2-10H,11H2,(H,22,24). The Kier molecular flexibility index (Phi) is 3.47. The molecule has 0 spiro atoms. The molecule has 24 heavy (non-hydrogen) atoms.